The Kier molecular flexibility index (Phi) is 5.79. The van der Waals surface area contributed by atoms with Gasteiger partial charge in [-0.15, -0.1) is 11.3 Å². The summed E-state index contributed by atoms with van der Waals surface area (Å²) in [5.41, 5.74) is 3.73. The van der Waals surface area contributed by atoms with Crippen LogP contribution in [0, 0.1) is 5.82 Å². The van der Waals surface area contributed by atoms with E-state index in [1.807, 2.05) is 18.4 Å². The summed E-state index contributed by atoms with van der Waals surface area (Å²) in [4.78, 5) is 28.1. The van der Waals surface area contributed by atoms with Gasteiger partial charge in [0.2, 0.25) is 0 Å². The first kappa shape index (κ1) is 22.1. The Morgan fingerprint density at radius 2 is 1.82 bits per heavy atom. The molecule has 2 atom stereocenters. The van der Waals surface area contributed by atoms with Crippen LogP contribution in [-0.4, -0.2) is 16.8 Å². The van der Waals surface area contributed by atoms with E-state index in [1.165, 1.54) is 29.1 Å². The monoisotopic (exact) mass is 474 g/mol. The molecule has 2 aliphatic rings. The van der Waals surface area contributed by atoms with Crippen molar-refractivity contribution in [1.29, 1.82) is 0 Å². The highest BCUT2D eigenvalue weighted by atomic mass is 32.1. The van der Waals surface area contributed by atoms with Crippen LogP contribution in [0.1, 0.15) is 42.0 Å². The Morgan fingerprint density at radius 3 is 2.50 bits per heavy atom. The average Bonchev–Trinajstić information content (AvgIpc) is 3.35. The molecule has 1 aliphatic carbocycles. The minimum absolute atomic E-state index is 0.00445. The van der Waals surface area contributed by atoms with Gasteiger partial charge < -0.3 is 15.7 Å². The van der Waals surface area contributed by atoms with E-state index in [4.69, 9.17) is 0 Å². The van der Waals surface area contributed by atoms with E-state index in [0.717, 1.165) is 11.3 Å². The second-order valence-electron chi connectivity index (χ2n) is 8.59. The fraction of sp³-hybridized carbons (Fsp3) is 0.185. The third-order valence-corrected chi connectivity index (χ3v) is 7.38. The molecular formula is C27H23FN2O3S. The van der Waals surface area contributed by atoms with Gasteiger partial charge in [0.25, 0.3) is 5.91 Å². The summed E-state index contributed by atoms with van der Waals surface area (Å²) in [7, 11) is 0. The van der Waals surface area contributed by atoms with E-state index >= 15 is 0 Å². The third kappa shape index (κ3) is 4.15. The highest BCUT2D eigenvalue weighted by Gasteiger charge is 2.41. The van der Waals surface area contributed by atoms with E-state index in [2.05, 4.69) is 16.7 Å². The second kappa shape index (κ2) is 8.91. The van der Waals surface area contributed by atoms with Crippen LogP contribution in [0.5, 0.6) is 5.75 Å². The maximum absolute atomic E-state index is 13.5. The molecule has 172 valence electrons. The Hall–Kier alpha value is -3.71. The lowest BCUT2D eigenvalue weighted by Gasteiger charge is -2.36. The number of carbonyl (C=O) groups excluding carboxylic acids is 2. The third-order valence-electron chi connectivity index (χ3n) is 6.35. The first-order valence-electron chi connectivity index (χ1n) is 11.0. The lowest BCUT2D eigenvalue weighted by Crippen LogP contribution is -2.37. The first-order valence-corrected chi connectivity index (χ1v) is 11.9. The molecule has 5 rings (SSSR count). The summed E-state index contributed by atoms with van der Waals surface area (Å²) in [5.74, 6) is -1.12. The molecule has 2 heterocycles. The summed E-state index contributed by atoms with van der Waals surface area (Å²) >= 11 is 1.64. The molecule has 3 aromatic rings. The lowest BCUT2D eigenvalue weighted by atomic mass is 9.72. The predicted octanol–water partition coefficient (Wildman–Crippen LogP) is 5.59. The maximum atomic E-state index is 13.5. The molecular weight excluding hydrogens is 451 g/mol. The van der Waals surface area contributed by atoms with Crippen LogP contribution in [-0.2, 0) is 9.59 Å². The number of Topliss-reactive ketones (excluding diaryl/α,β-unsaturated/α-hetero) is 1. The number of hydrogen-bond acceptors (Lipinski definition) is 5. The molecule has 0 saturated heterocycles. The minimum Gasteiger partial charge on any atom is -0.508 e. The Bertz CT molecular complexity index is 1310. The topological polar surface area (TPSA) is 78.4 Å². The molecule has 3 N–H and O–H groups in total. The van der Waals surface area contributed by atoms with E-state index in [9.17, 15) is 19.1 Å². The number of aromatic hydroxyl groups is 1. The Labute approximate surface area is 200 Å². The van der Waals surface area contributed by atoms with E-state index < -0.39 is 11.7 Å². The number of anilines is 1. The van der Waals surface area contributed by atoms with Gasteiger partial charge in [-0.05, 0) is 66.8 Å². The number of benzene rings is 2. The predicted molar refractivity (Wildman–Crippen MR) is 130 cm³/mol. The highest BCUT2D eigenvalue weighted by molar-refractivity contribution is 7.10. The second-order valence-corrected chi connectivity index (χ2v) is 9.56. The zero-order valence-electron chi connectivity index (χ0n) is 18.5. The van der Waals surface area contributed by atoms with Crippen molar-refractivity contribution in [2.24, 2.45) is 0 Å². The van der Waals surface area contributed by atoms with Crippen LogP contribution < -0.4 is 10.6 Å². The summed E-state index contributed by atoms with van der Waals surface area (Å²) in [6.45, 7) is 1.83. The number of phenols is 1. The maximum Gasteiger partial charge on any atom is 0.254 e. The number of amides is 1. The quantitative estimate of drug-likeness (QED) is 0.460. The molecule has 1 aromatic heterocycles. The number of nitrogens with one attached hydrogen (secondary N) is 2. The zero-order chi connectivity index (χ0) is 23.8. The minimum atomic E-state index is -0.575. The van der Waals surface area contributed by atoms with Gasteiger partial charge >= 0.3 is 0 Å². The summed E-state index contributed by atoms with van der Waals surface area (Å²) < 4.78 is 13.3. The molecule has 5 nitrogen and oxygen atoms in total. The van der Waals surface area contributed by atoms with Crippen LogP contribution in [0.25, 0.3) is 0 Å². The fourth-order valence-electron chi connectivity index (χ4n) is 4.80. The van der Waals surface area contributed by atoms with Crippen LogP contribution in [0.15, 0.2) is 88.6 Å². The number of rotatable bonds is 4. The van der Waals surface area contributed by atoms with Crippen molar-refractivity contribution in [2.45, 2.75) is 31.6 Å². The van der Waals surface area contributed by atoms with Gasteiger partial charge in [0.05, 0.1) is 0 Å². The van der Waals surface area contributed by atoms with Crippen molar-refractivity contribution in [1.82, 2.24) is 5.32 Å². The molecule has 7 heteroatoms. The molecule has 2 unspecified atom stereocenters. The number of hydrogen-bond donors (Lipinski definition) is 3. The number of dihydropyridines is 1. The number of allylic oxidation sites excluding steroid dienone is 3. The SMILES string of the molecule is CC1=C(C(=O)Nc2ccc(F)cc2)C(c2ccc(O)cc2)C2=C(CC(c3cccs3)CC2=O)N1. The van der Waals surface area contributed by atoms with Crippen molar-refractivity contribution < 1.29 is 19.1 Å². The molecule has 2 aromatic carbocycles. The molecule has 0 spiro atoms. The first-order chi connectivity index (χ1) is 16.4. The summed E-state index contributed by atoms with van der Waals surface area (Å²) in [5, 5.41) is 18.0. The van der Waals surface area contributed by atoms with Crippen molar-refractivity contribution >= 4 is 28.7 Å². The Morgan fingerprint density at radius 1 is 1.09 bits per heavy atom. The van der Waals surface area contributed by atoms with E-state index in [1.54, 1.807) is 35.6 Å². The number of halogens is 1. The zero-order valence-corrected chi connectivity index (χ0v) is 19.3. The molecule has 0 bridgehead atoms. The van der Waals surface area contributed by atoms with E-state index in [0.29, 0.717) is 35.4 Å². The van der Waals surface area contributed by atoms with Crippen molar-refractivity contribution in [3.63, 3.8) is 0 Å². The number of phenolic OH excluding ortho intramolecular Hbond substituents is 1. The van der Waals surface area contributed by atoms with Gasteiger partial charge in [-0.1, -0.05) is 18.2 Å². The Balaban J connectivity index is 1.55. The van der Waals surface area contributed by atoms with Gasteiger partial charge in [0, 0.05) is 51.4 Å². The average molecular weight is 475 g/mol. The van der Waals surface area contributed by atoms with Crippen molar-refractivity contribution in [2.75, 3.05) is 5.32 Å². The molecule has 0 radical (unpaired) electrons. The molecule has 1 aliphatic heterocycles. The summed E-state index contributed by atoms with van der Waals surface area (Å²) in [6, 6.07) is 16.2. The van der Waals surface area contributed by atoms with Gasteiger partial charge in [0.15, 0.2) is 5.78 Å². The van der Waals surface area contributed by atoms with Gasteiger partial charge in [-0.25, -0.2) is 4.39 Å². The largest absolute Gasteiger partial charge is 0.508 e. The summed E-state index contributed by atoms with van der Waals surface area (Å²) in [6.07, 6.45) is 1.06. The van der Waals surface area contributed by atoms with Gasteiger partial charge in [0.1, 0.15) is 11.6 Å². The fourth-order valence-corrected chi connectivity index (χ4v) is 5.63. The lowest BCUT2D eigenvalue weighted by molar-refractivity contribution is -0.116. The van der Waals surface area contributed by atoms with Gasteiger partial charge in [-0.3, -0.25) is 9.59 Å². The van der Waals surface area contributed by atoms with Crippen molar-refractivity contribution in [3.05, 3.63) is 105 Å². The highest BCUT2D eigenvalue weighted by Crippen LogP contribution is 2.46. The van der Waals surface area contributed by atoms with Crippen LogP contribution >= 0.6 is 11.3 Å². The van der Waals surface area contributed by atoms with Crippen LogP contribution in [0.3, 0.4) is 0 Å². The standard InChI is InChI=1S/C27H23FN2O3S/c1-15-24(27(33)30-19-8-6-18(28)7-9-19)25(16-4-10-20(31)11-5-16)26-21(29-15)13-17(14-22(26)32)23-3-2-12-34-23/h2-12,17,25,29,31H,13-14H2,1H3,(H,30,33). The van der Waals surface area contributed by atoms with Gasteiger partial charge in [-0.2, -0.15) is 0 Å². The molecule has 34 heavy (non-hydrogen) atoms. The number of thiophene rings is 1. The molecule has 0 saturated carbocycles. The normalized spacial score (nSPS) is 20.1. The van der Waals surface area contributed by atoms with Crippen molar-refractivity contribution in [3.8, 4) is 5.75 Å². The van der Waals surface area contributed by atoms with Crippen LogP contribution in [0.4, 0.5) is 10.1 Å². The molecule has 0 fully saturated rings. The number of ketones is 1. The van der Waals surface area contributed by atoms with E-state index in [-0.39, 0.29) is 23.4 Å². The number of carbonyl (C=O) groups is 2. The molecule has 1 amide bonds. The smallest absolute Gasteiger partial charge is 0.254 e. The van der Waals surface area contributed by atoms with Crippen LogP contribution in [0.2, 0.25) is 0 Å².